The van der Waals surface area contributed by atoms with Crippen molar-refractivity contribution in [3.63, 3.8) is 0 Å². The molecule has 0 unspecified atom stereocenters. The lowest BCUT2D eigenvalue weighted by Crippen LogP contribution is -2.47. The maximum Gasteiger partial charge on any atom is 0.184 e. The van der Waals surface area contributed by atoms with E-state index in [4.69, 9.17) is 5.73 Å². The Labute approximate surface area is 166 Å². The van der Waals surface area contributed by atoms with E-state index in [1.807, 2.05) is 24.3 Å². The van der Waals surface area contributed by atoms with Crippen molar-refractivity contribution in [1.82, 2.24) is 25.0 Å². The van der Waals surface area contributed by atoms with Gasteiger partial charge < -0.3 is 15.5 Å². The molecule has 0 saturated carbocycles. The second kappa shape index (κ2) is 7.01. The molecule has 5 rings (SSSR count). The Kier molecular flexibility index (Phi) is 4.19. The van der Waals surface area contributed by atoms with Crippen LogP contribution < -0.4 is 15.5 Å². The van der Waals surface area contributed by atoms with Crippen molar-refractivity contribution in [2.75, 3.05) is 41.7 Å². The molecule has 1 fully saturated rings. The number of benzene rings is 2. The average molecular weight is 390 g/mol. The number of fused-ring (bicyclic) bond motifs is 1. The van der Waals surface area contributed by atoms with Crippen LogP contribution in [0.25, 0.3) is 16.9 Å². The molecule has 1 aliphatic heterocycles. The van der Waals surface area contributed by atoms with Crippen molar-refractivity contribution in [3.05, 3.63) is 60.7 Å². The molecule has 0 radical (unpaired) electrons. The van der Waals surface area contributed by atoms with Gasteiger partial charge in [0.2, 0.25) is 0 Å². The summed E-state index contributed by atoms with van der Waals surface area (Å²) in [5.74, 6) is 0.979. The first-order valence-electron chi connectivity index (χ1n) is 9.37. The molecule has 4 aromatic rings. The van der Waals surface area contributed by atoms with Gasteiger partial charge in [-0.25, -0.2) is 14.4 Å². The molecule has 1 saturated heterocycles. The van der Waals surface area contributed by atoms with Crippen molar-refractivity contribution in [1.29, 1.82) is 0 Å². The minimum atomic E-state index is -0.227. The number of para-hydroxylation sites is 1. The maximum atomic E-state index is 13.2. The number of aromatic nitrogens is 5. The van der Waals surface area contributed by atoms with E-state index >= 15 is 0 Å². The van der Waals surface area contributed by atoms with Crippen LogP contribution in [-0.4, -0.2) is 51.1 Å². The monoisotopic (exact) mass is 390 g/mol. The number of hydrogen-bond donors (Lipinski definition) is 1. The molecule has 9 heteroatoms. The number of piperazine rings is 1. The Hall–Kier alpha value is -3.75. The number of nitrogens with zero attached hydrogens (tertiary/aromatic N) is 7. The Balaban J connectivity index is 1.40. The van der Waals surface area contributed by atoms with Crippen LogP contribution in [0.4, 0.5) is 21.6 Å². The number of hydrogen-bond acceptors (Lipinski definition) is 7. The van der Waals surface area contributed by atoms with Crippen molar-refractivity contribution in [3.8, 4) is 5.82 Å². The van der Waals surface area contributed by atoms with Gasteiger partial charge >= 0.3 is 0 Å². The predicted octanol–water partition coefficient (Wildman–Crippen LogP) is 2.26. The standard InChI is InChI=1S/C20H19FN8/c21-14-5-7-15(8-6-14)27-9-11-28(12-10-27)19-18(22)20(24-13-23-19)29-17-4-2-1-3-16(17)25-26-29/h1-8,13H,9-12,22H2. The summed E-state index contributed by atoms with van der Waals surface area (Å²) < 4.78 is 14.8. The van der Waals surface area contributed by atoms with Gasteiger partial charge in [-0.15, -0.1) is 5.10 Å². The minimum absolute atomic E-state index is 0.227. The fourth-order valence-corrected chi connectivity index (χ4v) is 3.65. The largest absolute Gasteiger partial charge is 0.393 e. The minimum Gasteiger partial charge on any atom is -0.393 e. The van der Waals surface area contributed by atoms with Crippen LogP contribution in [0.5, 0.6) is 0 Å². The molecule has 3 heterocycles. The van der Waals surface area contributed by atoms with Crippen molar-refractivity contribution >= 4 is 28.2 Å². The molecule has 0 atom stereocenters. The van der Waals surface area contributed by atoms with E-state index in [1.165, 1.54) is 18.5 Å². The van der Waals surface area contributed by atoms with Crippen molar-refractivity contribution in [2.45, 2.75) is 0 Å². The second-order valence-corrected chi connectivity index (χ2v) is 6.88. The highest BCUT2D eigenvalue weighted by atomic mass is 19.1. The van der Waals surface area contributed by atoms with Crippen LogP contribution in [0.1, 0.15) is 0 Å². The highest BCUT2D eigenvalue weighted by Crippen LogP contribution is 2.28. The highest BCUT2D eigenvalue weighted by Gasteiger charge is 2.23. The first kappa shape index (κ1) is 17.4. The van der Waals surface area contributed by atoms with Gasteiger partial charge in [0, 0.05) is 31.9 Å². The number of nitrogens with two attached hydrogens (primary N) is 1. The Morgan fingerprint density at radius 1 is 0.828 bits per heavy atom. The molecule has 146 valence electrons. The topological polar surface area (TPSA) is 89.0 Å². The average Bonchev–Trinajstić information content (AvgIpc) is 3.19. The van der Waals surface area contributed by atoms with E-state index in [0.29, 0.717) is 17.3 Å². The summed E-state index contributed by atoms with van der Waals surface area (Å²) >= 11 is 0. The van der Waals surface area contributed by atoms with Gasteiger partial charge in [-0.1, -0.05) is 17.3 Å². The zero-order chi connectivity index (χ0) is 19.8. The van der Waals surface area contributed by atoms with Crippen LogP contribution in [-0.2, 0) is 0 Å². The molecule has 8 nitrogen and oxygen atoms in total. The number of anilines is 3. The molecule has 0 spiro atoms. The lowest BCUT2D eigenvalue weighted by atomic mass is 10.2. The molecule has 2 N–H and O–H groups in total. The van der Waals surface area contributed by atoms with Gasteiger partial charge in [-0.3, -0.25) is 0 Å². The zero-order valence-corrected chi connectivity index (χ0v) is 15.6. The summed E-state index contributed by atoms with van der Waals surface area (Å²) in [6.45, 7) is 3.07. The third-order valence-electron chi connectivity index (χ3n) is 5.17. The molecule has 0 aliphatic carbocycles. The Bertz CT molecular complexity index is 1150. The van der Waals surface area contributed by atoms with Gasteiger partial charge in [0.1, 0.15) is 23.3 Å². The van der Waals surface area contributed by atoms with Crippen LogP contribution in [0.3, 0.4) is 0 Å². The van der Waals surface area contributed by atoms with Crippen molar-refractivity contribution < 1.29 is 4.39 Å². The number of nitrogen functional groups attached to an aromatic ring is 1. The van der Waals surface area contributed by atoms with Crippen LogP contribution in [0.2, 0.25) is 0 Å². The first-order valence-corrected chi connectivity index (χ1v) is 9.37. The highest BCUT2D eigenvalue weighted by molar-refractivity contribution is 5.79. The van der Waals surface area contributed by atoms with Gasteiger partial charge in [0.15, 0.2) is 11.6 Å². The van der Waals surface area contributed by atoms with Crippen LogP contribution in [0, 0.1) is 5.82 Å². The van der Waals surface area contributed by atoms with E-state index in [1.54, 1.807) is 16.8 Å². The van der Waals surface area contributed by atoms with Crippen molar-refractivity contribution in [2.24, 2.45) is 0 Å². The number of halogens is 1. The normalized spacial score (nSPS) is 14.5. The van der Waals surface area contributed by atoms with E-state index in [0.717, 1.165) is 42.9 Å². The third kappa shape index (κ3) is 3.10. The fourth-order valence-electron chi connectivity index (χ4n) is 3.65. The van der Waals surface area contributed by atoms with E-state index in [9.17, 15) is 4.39 Å². The first-order chi connectivity index (χ1) is 14.2. The van der Waals surface area contributed by atoms with Gasteiger partial charge in [0.25, 0.3) is 0 Å². The molecule has 2 aromatic carbocycles. The smallest absolute Gasteiger partial charge is 0.184 e. The van der Waals surface area contributed by atoms with E-state index in [2.05, 4.69) is 30.1 Å². The molecule has 29 heavy (non-hydrogen) atoms. The quantitative estimate of drug-likeness (QED) is 0.574. The molecular weight excluding hydrogens is 371 g/mol. The summed E-state index contributed by atoms with van der Waals surface area (Å²) in [7, 11) is 0. The second-order valence-electron chi connectivity index (χ2n) is 6.88. The SMILES string of the molecule is Nc1c(N2CCN(c3ccc(F)cc3)CC2)ncnc1-n1nnc2ccccc21. The van der Waals surface area contributed by atoms with E-state index in [-0.39, 0.29) is 5.82 Å². The zero-order valence-electron chi connectivity index (χ0n) is 15.6. The van der Waals surface area contributed by atoms with Gasteiger partial charge in [-0.2, -0.15) is 4.68 Å². The van der Waals surface area contributed by atoms with Gasteiger partial charge in [0.05, 0.1) is 5.52 Å². The summed E-state index contributed by atoms with van der Waals surface area (Å²) in [5, 5.41) is 8.39. The molecule has 2 aromatic heterocycles. The fraction of sp³-hybridized carbons (Fsp3) is 0.200. The summed E-state index contributed by atoms with van der Waals surface area (Å²) in [4.78, 5) is 13.1. The summed E-state index contributed by atoms with van der Waals surface area (Å²) in [6, 6.07) is 14.2. The summed E-state index contributed by atoms with van der Waals surface area (Å²) in [5.41, 5.74) is 9.55. The predicted molar refractivity (Wildman–Crippen MR) is 110 cm³/mol. The molecular formula is C20H19FN8. The Morgan fingerprint density at radius 2 is 1.52 bits per heavy atom. The van der Waals surface area contributed by atoms with Crippen LogP contribution in [0.15, 0.2) is 54.9 Å². The summed E-state index contributed by atoms with van der Waals surface area (Å²) in [6.07, 6.45) is 1.50. The molecule has 0 amide bonds. The lowest BCUT2D eigenvalue weighted by molar-refractivity contribution is 0.624. The van der Waals surface area contributed by atoms with Gasteiger partial charge in [-0.05, 0) is 36.4 Å². The van der Waals surface area contributed by atoms with E-state index < -0.39 is 0 Å². The van der Waals surface area contributed by atoms with Crippen LogP contribution >= 0.6 is 0 Å². The molecule has 0 bridgehead atoms. The Morgan fingerprint density at radius 3 is 2.31 bits per heavy atom. The molecule has 1 aliphatic rings. The number of rotatable bonds is 3. The third-order valence-corrected chi connectivity index (χ3v) is 5.17. The maximum absolute atomic E-state index is 13.2. The lowest BCUT2D eigenvalue weighted by Gasteiger charge is -2.37.